The molecule has 0 atom stereocenters. The summed E-state index contributed by atoms with van der Waals surface area (Å²) in [7, 11) is 0.540. The number of hydrogen-bond donors (Lipinski definition) is 0. The molecule has 0 aliphatic heterocycles. The van der Waals surface area contributed by atoms with Gasteiger partial charge in [-0.25, -0.2) is 4.98 Å². The first-order chi connectivity index (χ1) is 22.8. The fourth-order valence-electron chi connectivity index (χ4n) is 6.57. The maximum atomic E-state index is 4.42. The van der Waals surface area contributed by atoms with Crippen molar-refractivity contribution in [2.75, 3.05) is 0 Å². The molecule has 1 aromatic heterocycles. The van der Waals surface area contributed by atoms with Crippen LogP contribution in [-0.4, -0.2) is 25.8 Å². The van der Waals surface area contributed by atoms with Gasteiger partial charge in [0, 0.05) is 12.4 Å². The lowest BCUT2D eigenvalue weighted by molar-refractivity contribution is 0.596. The highest BCUT2D eigenvalue weighted by Gasteiger charge is 2.37. The van der Waals surface area contributed by atoms with Gasteiger partial charge in [0.2, 0.25) is 6.71 Å². The summed E-state index contributed by atoms with van der Waals surface area (Å²) in [5.41, 5.74) is 6.94. The Bertz CT molecular complexity index is 1640. The van der Waals surface area contributed by atoms with Crippen molar-refractivity contribution in [3.8, 4) is 0 Å². The molecule has 6 aromatic rings. The van der Waals surface area contributed by atoms with Gasteiger partial charge < -0.3 is 4.57 Å². The molecular weight excluding hydrogens is 571 g/mol. The third kappa shape index (κ3) is 7.69. The van der Waals surface area contributed by atoms with E-state index in [-0.39, 0.29) is 5.16 Å². The molecule has 0 unspecified atom stereocenters. The van der Waals surface area contributed by atoms with Crippen LogP contribution in [0.15, 0.2) is 164 Å². The van der Waals surface area contributed by atoms with Gasteiger partial charge >= 0.3 is 0 Å². The third-order valence-corrected chi connectivity index (χ3v) is 10.8. The quantitative estimate of drug-likeness (QED) is 0.101. The molecule has 228 valence electrons. The van der Waals surface area contributed by atoms with Gasteiger partial charge in [-0.3, -0.25) is 0 Å². The largest absolute Gasteiger partial charge is 0.326 e. The molecule has 4 heteroatoms. The Morgan fingerprint density at radius 3 is 1.76 bits per heavy atom. The first kappa shape index (κ1) is 31.6. The van der Waals surface area contributed by atoms with Gasteiger partial charge in [-0.05, 0) is 29.5 Å². The Labute approximate surface area is 278 Å². The summed E-state index contributed by atoms with van der Waals surface area (Å²) in [5.74, 6) is 0.866. The van der Waals surface area contributed by atoms with Crippen LogP contribution >= 0.6 is 0 Å². The molecule has 5 aromatic carbocycles. The predicted octanol–water partition coefficient (Wildman–Crippen LogP) is 7.85. The van der Waals surface area contributed by atoms with Crippen LogP contribution in [0.2, 0.25) is 5.82 Å². The molecule has 1 saturated carbocycles. The summed E-state index contributed by atoms with van der Waals surface area (Å²) in [5, 5.41) is 1.06. The van der Waals surface area contributed by atoms with Crippen molar-refractivity contribution in [2.24, 2.45) is 0 Å². The molecule has 0 saturated heterocycles. The van der Waals surface area contributed by atoms with Crippen molar-refractivity contribution in [3.63, 3.8) is 0 Å². The number of aromatic nitrogens is 2. The highest BCUT2D eigenvalue weighted by Crippen LogP contribution is 2.38. The molecule has 1 fully saturated rings. The number of aryl methyl sites for hydroxylation is 1. The Kier molecular flexibility index (Phi) is 10.8. The van der Waals surface area contributed by atoms with Crippen molar-refractivity contribution < 1.29 is 0 Å². The third-order valence-electron chi connectivity index (χ3n) is 9.01. The van der Waals surface area contributed by atoms with Crippen molar-refractivity contribution in [1.29, 1.82) is 0 Å². The summed E-state index contributed by atoms with van der Waals surface area (Å²) in [6.07, 6.45) is 13.7. The van der Waals surface area contributed by atoms with E-state index in [4.69, 9.17) is 0 Å². The second kappa shape index (κ2) is 15.7. The average Bonchev–Trinajstić information content (AvgIpc) is 3.80. The van der Waals surface area contributed by atoms with Crippen LogP contribution < -0.4 is 16.1 Å². The normalized spacial score (nSPS) is 12.6. The number of hydrogen-bond acceptors (Lipinski definition) is 1. The molecule has 0 N–H and O–H groups in total. The summed E-state index contributed by atoms with van der Waals surface area (Å²) >= 11 is 0. The standard InChI is InChI=1S/C27H28N2Si.C15H15B/c1-2-3-6-12-23-13-11-18-26(21-23)30-27(29-20-19-28-22-29,24-14-7-4-8-15-24)25-16-9-5-10-17-25;1-3-7-13(8-4-1)16(15-11-12-15)14-9-5-2-6-10-14/h4-5,7-11,13-22H,2-3,6,12H2,1H3;1-10,15H,11-12H2. The summed E-state index contributed by atoms with van der Waals surface area (Å²) in [6.45, 7) is 2.87. The van der Waals surface area contributed by atoms with Crippen LogP contribution in [0.25, 0.3) is 0 Å². The molecule has 0 amide bonds. The number of nitrogens with zero attached hydrogens (tertiary/aromatic N) is 2. The zero-order valence-electron chi connectivity index (χ0n) is 26.9. The molecule has 1 aliphatic rings. The maximum absolute atomic E-state index is 4.42. The van der Waals surface area contributed by atoms with Crippen LogP contribution in [0.4, 0.5) is 0 Å². The van der Waals surface area contributed by atoms with Crippen LogP contribution in [-0.2, 0) is 11.6 Å². The highest BCUT2D eigenvalue weighted by atomic mass is 28.2. The molecule has 46 heavy (non-hydrogen) atoms. The van der Waals surface area contributed by atoms with E-state index < -0.39 is 0 Å². The lowest BCUT2D eigenvalue weighted by atomic mass is 9.37. The van der Waals surface area contributed by atoms with Crippen LogP contribution in [0.5, 0.6) is 0 Å². The fourth-order valence-corrected chi connectivity index (χ4v) is 8.31. The van der Waals surface area contributed by atoms with Gasteiger partial charge in [0.1, 0.15) is 9.52 Å². The summed E-state index contributed by atoms with van der Waals surface area (Å²) in [6, 6.07) is 52.7. The molecule has 2 nitrogen and oxygen atoms in total. The Morgan fingerprint density at radius 2 is 1.26 bits per heavy atom. The van der Waals surface area contributed by atoms with Crippen LogP contribution in [0, 0.1) is 0 Å². The minimum absolute atomic E-state index is 0.318. The first-order valence-electron chi connectivity index (χ1n) is 16.8. The van der Waals surface area contributed by atoms with Gasteiger partial charge in [-0.15, -0.1) is 0 Å². The van der Waals surface area contributed by atoms with E-state index in [1.165, 1.54) is 64.9 Å². The zero-order valence-corrected chi connectivity index (χ0v) is 27.9. The molecule has 1 aliphatic carbocycles. The van der Waals surface area contributed by atoms with Gasteiger partial charge in [0.25, 0.3) is 0 Å². The molecular formula is C42H43BN2Si. The van der Waals surface area contributed by atoms with Crippen LogP contribution in [0.1, 0.15) is 55.7 Å². The average molecular weight is 615 g/mol. The van der Waals surface area contributed by atoms with Crippen molar-refractivity contribution in [2.45, 2.75) is 56.4 Å². The molecule has 0 bridgehead atoms. The van der Waals surface area contributed by atoms with Gasteiger partial charge in [0.05, 0.1) is 11.5 Å². The second-order valence-corrected chi connectivity index (χ2v) is 13.9. The maximum Gasteiger partial charge on any atom is 0.212 e. The lowest BCUT2D eigenvalue weighted by Crippen LogP contribution is -2.46. The first-order valence-corrected chi connectivity index (χ1v) is 17.8. The fraction of sp³-hybridized carbons (Fsp3) is 0.214. The number of benzene rings is 5. The minimum atomic E-state index is -0.318. The zero-order chi connectivity index (χ0) is 31.4. The van der Waals surface area contributed by atoms with E-state index in [9.17, 15) is 0 Å². The molecule has 0 spiro atoms. The van der Waals surface area contributed by atoms with Crippen LogP contribution in [0.3, 0.4) is 0 Å². The lowest BCUT2D eigenvalue weighted by Gasteiger charge is -2.36. The predicted molar refractivity (Wildman–Crippen MR) is 197 cm³/mol. The summed E-state index contributed by atoms with van der Waals surface area (Å²) < 4.78 is 2.28. The number of rotatable bonds is 12. The van der Waals surface area contributed by atoms with Crippen molar-refractivity contribution in [3.05, 3.63) is 181 Å². The van der Waals surface area contributed by atoms with E-state index in [1.54, 1.807) is 0 Å². The Hall–Kier alpha value is -4.41. The van der Waals surface area contributed by atoms with E-state index in [0.717, 1.165) is 12.2 Å². The Morgan fingerprint density at radius 1 is 0.696 bits per heavy atom. The Balaban J connectivity index is 0.000000194. The molecule has 1 heterocycles. The summed E-state index contributed by atoms with van der Waals surface area (Å²) in [4.78, 5) is 4.42. The number of imidazole rings is 1. The SMILES string of the molecule is CCCCCc1cccc([Si]C(c2ccccc2)(c2ccccc2)n2ccnc2)c1.c1ccc(B(c2ccccc2)C2CC2)cc1. The molecule has 2 radical (unpaired) electrons. The number of unbranched alkanes of at least 4 members (excludes halogenated alkanes) is 2. The van der Waals surface area contributed by atoms with Gasteiger partial charge in [-0.2, -0.15) is 0 Å². The van der Waals surface area contributed by atoms with E-state index in [1.807, 2.05) is 12.5 Å². The van der Waals surface area contributed by atoms with Crippen molar-refractivity contribution in [1.82, 2.24) is 9.55 Å². The monoisotopic (exact) mass is 614 g/mol. The van der Waals surface area contributed by atoms with Crippen molar-refractivity contribution >= 4 is 32.3 Å². The van der Waals surface area contributed by atoms with E-state index in [2.05, 4.69) is 168 Å². The topological polar surface area (TPSA) is 17.8 Å². The second-order valence-electron chi connectivity index (χ2n) is 12.3. The van der Waals surface area contributed by atoms with E-state index >= 15 is 0 Å². The smallest absolute Gasteiger partial charge is 0.212 e. The van der Waals surface area contributed by atoms with Gasteiger partial charge in [-0.1, -0.05) is 200 Å². The van der Waals surface area contributed by atoms with E-state index in [0.29, 0.717) is 16.2 Å². The van der Waals surface area contributed by atoms with Gasteiger partial charge in [0.15, 0.2) is 0 Å². The highest BCUT2D eigenvalue weighted by molar-refractivity contribution is 6.86. The minimum Gasteiger partial charge on any atom is -0.326 e. The molecule has 7 rings (SSSR count).